The zero-order valence-electron chi connectivity index (χ0n) is 8.47. The second-order valence-electron chi connectivity index (χ2n) is 3.48. The number of carbonyl (C=O) groups is 1. The molecule has 0 aliphatic carbocycles. The standard InChI is InChI=1S/C10H8N2O3S/c1-12-8-4-2-3-7(5-11)10(8)16(14,15)6-9(12)13/h2-4H,6H2,1H3. The fourth-order valence-corrected chi connectivity index (χ4v) is 3.31. The number of anilines is 1. The van der Waals surface area contributed by atoms with E-state index in [-0.39, 0.29) is 16.1 Å². The van der Waals surface area contributed by atoms with Gasteiger partial charge in [-0.2, -0.15) is 5.26 Å². The molecule has 0 saturated heterocycles. The monoisotopic (exact) mass is 236 g/mol. The molecule has 0 aromatic heterocycles. The van der Waals surface area contributed by atoms with Gasteiger partial charge in [0.15, 0.2) is 9.84 Å². The lowest BCUT2D eigenvalue weighted by Gasteiger charge is -2.25. The van der Waals surface area contributed by atoms with Gasteiger partial charge in [0.1, 0.15) is 16.7 Å². The normalized spacial score (nSPS) is 17.8. The highest BCUT2D eigenvalue weighted by Gasteiger charge is 2.34. The van der Waals surface area contributed by atoms with Crippen LogP contribution in [0.1, 0.15) is 5.56 Å². The summed E-state index contributed by atoms with van der Waals surface area (Å²) in [7, 11) is -2.18. The first-order chi connectivity index (χ1) is 7.47. The summed E-state index contributed by atoms with van der Waals surface area (Å²) in [6.45, 7) is 0. The van der Waals surface area contributed by atoms with Crippen LogP contribution in [0.15, 0.2) is 23.1 Å². The molecule has 0 radical (unpaired) electrons. The van der Waals surface area contributed by atoms with Gasteiger partial charge in [0.05, 0.1) is 11.3 Å². The van der Waals surface area contributed by atoms with Gasteiger partial charge in [-0.05, 0) is 12.1 Å². The molecule has 0 atom stereocenters. The third-order valence-electron chi connectivity index (χ3n) is 2.47. The molecule has 0 spiro atoms. The molecule has 1 aromatic carbocycles. The van der Waals surface area contributed by atoms with Crippen molar-refractivity contribution in [2.24, 2.45) is 0 Å². The van der Waals surface area contributed by atoms with Crippen molar-refractivity contribution in [1.29, 1.82) is 5.26 Å². The van der Waals surface area contributed by atoms with Crippen LogP contribution < -0.4 is 4.90 Å². The minimum Gasteiger partial charge on any atom is -0.313 e. The number of nitrogens with zero attached hydrogens (tertiary/aromatic N) is 2. The molecule has 82 valence electrons. The van der Waals surface area contributed by atoms with Crippen molar-refractivity contribution in [1.82, 2.24) is 0 Å². The van der Waals surface area contributed by atoms with Crippen LogP contribution in [0.5, 0.6) is 0 Å². The first-order valence-corrected chi connectivity index (χ1v) is 6.15. The number of rotatable bonds is 0. The highest BCUT2D eigenvalue weighted by molar-refractivity contribution is 7.92. The van der Waals surface area contributed by atoms with E-state index >= 15 is 0 Å². The van der Waals surface area contributed by atoms with Gasteiger partial charge in [-0.3, -0.25) is 4.79 Å². The number of hydrogen-bond acceptors (Lipinski definition) is 4. The molecular formula is C10H8N2O3S. The van der Waals surface area contributed by atoms with Crippen LogP contribution in [-0.2, 0) is 14.6 Å². The zero-order valence-corrected chi connectivity index (χ0v) is 9.28. The molecule has 1 amide bonds. The summed E-state index contributed by atoms with van der Waals surface area (Å²) in [5, 5.41) is 8.86. The van der Waals surface area contributed by atoms with E-state index in [1.165, 1.54) is 24.1 Å². The average molecular weight is 236 g/mol. The molecule has 2 rings (SSSR count). The average Bonchev–Trinajstić information content (AvgIpc) is 2.24. The Morgan fingerprint density at radius 1 is 1.44 bits per heavy atom. The Hall–Kier alpha value is -1.87. The molecule has 1 aromatic rings. The fourth-order valence-electron chi connectivity index (χ4n) is 1.67. The van der Waals surface area contributed by atoms with Crippen LogP contribution in [0.2, 0.25) is 0 Å². The predicted molar refractivity (Wildman–Crippen MR) is 56.6 cm³/mol. The third-order valence-corrected chi connectivity index (χ3v) is 4.15. The number of fused-ring (bicyclic) bond motifs is 1. The predicted octanol–water partition coefficient (Wildman–Crippen LogP) is 0.308. The Bertz CT molecular complexity index is 613. The first kappa shape index (κ1) is 10.6. The van der Waals surface area contributed by atoms with E-state index in [0.29, 0.717) is 0 Å². The lowest BCUT2D eigenvalue weighted by atomic mass is 10.2. The molecule has 6 heteroatoms. The maximum atomic E-state index is 11.8. The molecule has 0 N–H and O–H groups in total. The number of benzene rings is 1. The van der Waals surface area contributed by atoms with E-state index in [1.54, 1.807) is 6.07 Å². The molecule has 0 fully saturated rings. The summed E-state index contributed by atoms with van der Waals surface area (Å²) >= 11 is 0. The molecule has 1 aliphatic rings. The summed E-state index contributed by atoms with van der Waals surface area (Å²) in [5.74, 6) is -1.06. The smallest absolute Gasteiger partial charge is 0.242 e. The van der Waals surface area contributed by atoms with E-state index in [1.807, 2.05) is 6.07 Å². The molecule has 0 saturated carbocycles. The molecule has 16 heavy (non-hydrogen) atoms. The SMILES string of the molecule is CN1C(=O)CS(=O)(=O)c2c(C#N)cccc21. The van der Waals surface area contributed by atoms with E-state index in [2.05, 4.69) is 0 Å². The quantitative estimate of drug-likeness (QED) is 0.649. The lowest BCUT2D eigenvalue weighted by molar-refractivity contribution is -0.116. The first-order valence-electron chi connectivity index (χ1n) is 4.50. The second kappa shape index (κ2) is 3.32. The number of amides is 1. The zero-order chi connectivity index (χ0) is 11.9. The topological polar surface area (TPSA) is 78.2 Å². The van der Waals surface area contributed by atoms with Crippen molar-refractivity contribution in [3.63, 3.8) is 0 Å². The number of carbonyl (C=O) groups excluding carboxylic acids is 1. The molecule has 1 heterocycles. The Morgan fingerprint density at radius 2 is 2.12 bits per heavy atom. The van der Waals surface area contributed by atoms with Gasteiger partial charge in [-0.15, -0.1) is 0 Å². The van der Waals surface area contributed by atoms with E-state index in [0.717, 1.165) is 0 Å². The van der Waals surface area contributed by atoms with Crippen LogP contribution in [-0.4, -0.2) is 27.1 Å². The van der Waals surface area contributed by atoms with Crippen LogP contribution in [0.4, 0.5) is 5.69 Å². The van der Waals surface area contributed by atoms with Crippen LogP contribution in [0, 0.1) is 11.3 Å². The van der Waals surface area contributed by atoms with Crippen molar-refractivity contribution in [2.75, 3.05) is 17.7 Å². The Morgan fingerprint density at radius 3 is 2.75 bits per heavy atom. The van der Waals surface area contributed by atoms with Gasteiger partial charge in [-0.1, -0.05) is 6.07 Å². The largest absolute Gasteiger partial charge is 0.313 e. The summed E-state index contributed by atoms with van der Waals surface area (Å²) in [6, 6.07) is 6.34. The van der Waals surface area contributed by atoms with E-state index in [4.69, 9.17) is 5.26 Å². The van der Waals surface area contributed by atoms with Crippen LogP contribution >= 0.6 is 0 Å². The van der Waals surface area contributed by atoms with Crippen molar-refractivity contribution in [3.8, 4) is 6.07 Å². The van der Waals surface area contributed by atoms with Crippen molar-refractivity contribution >= 4 is 21.4 Å². The Labute approximate surface area is 92.8 Å². The second-order valence-corrected chi connectivity index (χ2v) is 5.40. The summed E-state index contributed by atoms with van der Waals surface area (Å²) in [5.41, 5.74) is 0.354. The molecular weight excluding hydrogens is 228 g/mol. The molecule has 5 nitrogen and oxygen atoms in total. The van der Waals surface area contributed by atoms with Gasteiger partial charge < -0.3 is 4.90 Å². The lowest BCUT2D eigenvalue weighted by Crippen LogP contribution is -2.38. The number of hydrogen-bond donors (Lipinski definition) is 0. The summed E-state index contributed by atoms with van der Waals surface area (Å²) < 4.78 is 23.6. The van der Waals surface area contributed by atoms with Gasteiger partial charge in [0, 0.05) is 7.05 Å². The van der Waals surface area contributed by atoms with E-state index < -0.39 is 21.5 Å². The maximum Gasteiger partial charge on any atom is 0.242 e. The minimum absolute atomic E-state index is 0.0420. The van der Waals surface area contributed by atoms with Crippen molar-refractivity contribution in [3.05, 3.63) is 23.8 Å². The number of nitriles is 1. The third kappa shape index (κ3) is 1.37. The number of sulfone groups is 1. The highest BCUT2D eigenvalue weighted by Crippen LogP contribution is 2.32. The fraction of sp³-hybridized carbons (Fsp3) is 0.200. The maximum absolute atomic E-state index is 11.8. The highest BCUT2D eigenvalue weighted by atomic mass is 32.2. The minimum atomic E-state index is -3.68. The molecule has 0 bridgehead atoms. The van der Waals surface area contributed by atoms with Crippen molar-refractivity contribution < 1.29 is 13.2 Å². The van der Waals surface area contributed by atoms with Gasteiger partial charge >= 0.3 is 0 Å². The Balaban J connectivity index is 2.85. The van der Waals surface area contributed by atoms with E-state index in [9.17, 15) is 13.2 Å². The van der Waals surface area contributed by atoms with Crippen LogP contribution in [0.25, 0.3) is 0 Å². The molecule has 1 aliphatic heterocycles. The molecule has 0 unspecified atom stereocenters. The van der Waals surface area contributed by atoms with Crippen molar-refractivity contribution in [2.45, 2.75) is 4.90 Å². The van der Waals surface area contributed by atoms with Crippen LogP contribution in [0.3, 0.4) is 0 Å². The van der Waals surface area contributed by atoms with Gasteiger partial charge in [0.2, 0.25) is 5.91 Å². The Kier molecular flexibility index (Phi) is 2.21. The van der Waals surface area contributed by atoms with Gasteiger partial charge in [-0.25, -0.2) is 8.42 Å². The summed E-state index contributed by atoms with van der Waals surface area (Å²) in [6.07, 6.45) is 0. The summed E-state index contributed by atoms with van der Waals surface area (Å²) in [4.78, 5) is 12.7. The van der Waals surface area contributed by atoms with Gasteiger partial charge in [0.25, 0.3) is 0 Å².